The van der Waals surface area contributed by atoms with Crippen molar-refractivity contribution in [2.24, 2.45) is 0 Å². The molecule has 0 bridgehead atoms. The number of halogens is 1. The van der Waals surface area contributed by atoms with Crippen LogP contribution in [-0.2, 0) is 5.41 Å². The van der Waals surface area contributed by atoms with Gasteiger partial charge in [0, 0.05) is 21.7 Å². The first-order chi connectivity index (χ1) is 10.7. The van der Waals surface area contributed by atoms with Crippen molar-refractivity contribution < 1.29 is 5.11 Å². The summed E-state index contributed by atoms with van der Waals surface area (Å²) in [6.07, 6.45) is 10.4. The summed E-state index contributed by atoms with van der Waals surface area (Å²) in [5, 5.41) is 17.6. The van der Waals surface area contributed by atoms with Crippen LogP contribution in [0.5, 0.6) is 5.75 Å². The standard InChI is InChI=1S/C19H16BrNO/c20-17-11-14(13-21)18(22)12-16(17)19(9-5-2-6-10-19)15-7-3-1-4-8-15/h1-9,11-13,21-22H,10H2. The average Bonchev–Trinajstić information content (AvgIpc) is 2.58. The number of nitrogens with one attached hydrogen (secondary N) is 1. The number of benzene rings is 2. The number of rotatable bonds is 3. The van der Waals surface area contributed by atoms with E-state index in [1.165, 1.54) is 5.56 Å². The second-order valence-corrected chi connectivity index (χ2v) is 6.22. The van der Waals surface area contributed by atoms with Gasteiger partial charge >= 0.3 is 0 Å². The molecule has 0 aliphatic heterocycles. The van der Waals surface area contributed by atoms with Crippen molar-refractivity contribution in [2.75, 3.05) is 0 Å². The predicted octanol–water partition coefficient (Wildman–Crippen LogP) is 4.95. The van der Waals surface area contributed by atoms with Gasteiger partial charge in [0.2, 0.25) is 0 Å². The van der Waals surface area contributed by atoms with Crippen molar-refractivity contribution in [2.45, 2.75) is 11.8 Å². The van der Waals surface area contributed by atoms with E-state index in [1.807, 2.05) is 30.4 Å². The highest BCUT2D eigenvalue weighted by molar-refractivity contribution is 9.10. The Kier molecular flexibility index (Phi) is 3.99. The molecule has 2 aromatic carbocycles. The van der Waals surface area contributed by atoms with Gasteiger partial charge in [-0.25, -0.2) is 0 Å². The van der Waals surface area contributed by atoms with Crippen molar-refractivity contribution in [3.8, 4) is 5.75 Å². The van der Waals surface area contributed by atoms with Crippen LogP contribution in [0.15, 0.2) is 71.2 Å². The lowest BCUT2D eigenvalue weighted by Gasteiger charge is -2.34. The summed E-state index contributed by atoms with van der Waals surface area (Å²) in [4.78, 5) is 0. The van der Waals surface area contributed by atoms with Crippen LogP contribution in [0.3, 0.4) is 0 Å². The Balaban J connectivity index is 2.24. The molecule has 0 aromatic heterocycles. The van der Waals surface area contributed by atoms with Gasteiger partial charge in [-0.1, -0.05) is 70.6 Å². The summed E-state index contributed by atoms with van der Waals surface area (Å²) in [7, 11) is 0. The molecule has 0 amide bonds. The van der Waals surface area contributed by atoms with Crippen LogP contribution in [0.25, 0.3) is 0 Å². The SMILES string of the molecule is N=Cc1cc(Br)c(C2(c3ccccc3)C=CC=CC2)cc1O. The summed E-state index contributed by atoms with van der Waals surface area (Å²) in [6, 6.07) is 13.8. The zero-order valence-corrected chi connectivity index (χ0v) is 13.5. The van der Waals surface area contributed by atoms with Crippen LogP contribution in [0.4, 0.5) is 0 Å². The highest BCUT2D eigenvalue weighted by Crippen LogP contribution is 2.44. The van der Waals surface area contributed by atoms with Crippen LogP contribution >= 0.6 is 15.9 Å². The Labute approximate surface area is 138 Å². The molecular weight excluding hydrogens is 338 g/mol. The molecule has 1 aliphatic rings. The molecule has 1 aliphatic carbocycles. The second-order valence-electron chi connectivity index (χ2n) is 5.36. The molecule has 0 saturated carbocycles. The number of phenolic OH excluding ortho intramolecular Hbond substituents is 1. The third-order valence-corrected chi connectivity index (χ3v) is 4.77. The Morgan fingerprint density at radius 1 is 1.14 bits per heavy atom. The lowest BCUT2D eigenvalue weighted by molar-refractivity contribution is 0.471. The monoisotopic (exact) mass is 353 g/mol. The molecule has 1 unspecified atom stereocenters. The summed E-state index contributed by atoms with van der Waals surface area (Å²) in [5.74, 6) is 0.131. The quantitative estimate of drug-likeness (QED) is 0.753. The molecule has 0 radical (unpaired) electrons. The van der Waals surface area contributed by atoms with Gasteiger partial charge in [0.1, 0.15) is 5.75 Å². The van der Waals surface area contributed by atoms with Gasteiger partial charge in [-0.3, -0.25) is 0 Å². The third-order valence-electron chi connectivity index (χ3n) is 4.11. The van der Waals surface area contributed by atoms with Gasteiger partial charge in [0.05, 0.1) is 0 Å². The largest absolute Gasteiger partial charge is 0.507 e. The van der Waals surface area contributed by atoms with Crippen LogP contribution in [-0.4, -0.2) is 11.3 Å². The first kappa shape index (κ1) is 14.8. The van der Waals surface area contributed by atoms with Gasteiger partial charge < -0.3 is 10.5 Å². The van der Waals surface area contributed by atoms with Crippen molar-refractivity contribution in [1.82, 2.24) is 0 Å². The van der Waals surface area contributed by atoms with Crippen LogP contribution in [0.1, 0.15) is 23.1 Å². The fraction of sp³-hybridized carbons (Fsp3) is 0.105. The van der Waals surface area contributed by atoms with E-state index in [0.29, 0.717) is 5.56 Å². The third kappa shape index (κ3) is 2.42. The van der Waals surface area contributed by atoms with Gasteiger partial charge in [0.25, 0.3) is 0 Å². The van der Waals surface area contributed by atoms with E-state index >= 15 is 0 Å². The molecule has 3 rings (SSSR count). The fourth-order valence-electron chi connectivity index (χ4n) is 2.96. The summed E-state index contributed by atoms with van der Waals surface area (Å²) < 4.78 is 0.896. The molecule has 110 valence electrons. The molecule has 22 heavy (non-hydrogen) atoms. The van der Waals surface area contributed by atoms with E-state index < -0.39 is 0 Å². The molecule has 0 spiro atoms. The van der Waals surface area contributed by atoms with Crippen molar-refractivity contribution in [3.63, 3.8) is 0 Å². The average molecular weight is 354 g/mol. The molecule has 3 heteroatoms. The molecule has 0 heterocycles. The maximum Gasteiger partial charge on any atom is 0.124 e. The van der Waals surface area contributed by atoms with Crippen molar-refractivity contribution >= 4 is 22.1 Å². The zero-order chi connectivity index (χ0) is 15.6. The smallest absolute Gasteiger partial charge is 0.124 e. The van der Waals surface area contributed by atoms with Gasteiger partial charge in [-0.15, -0.1) is 0 Å². The lowest BCUT2D eigenvalue weighted by atomic mass is 9.70. The number of hydrogen-bond acceptors (Lipinski definition) is 2. The van der Waals surface area contributed by atoms with Crippen molar-refractivity contribution in [3.05, 3.63) is 87.9 Å². The van der Waals surface area contributed by atoms with E-state index in [9.17, 15) is 5.11 Å². The topological polar surface area (TPSA) is 44.1 Å². The number of allylic oxidation sites excluding steroid dienone is 4. The van der Waals surface area contributed by atoms with Gasteiger partial charge in [-0.05, 0) is 29.7 Å². The summed E-state index contributed by atoms with van der Waals surface area (Å²) >= 11 is 3.62. The van der Waals surface area contributed by atoms with E-state index in [1.54, 1.807) is 12.1 Å². The minimum atomic E-state index is -0.313. The van der Waals surface area contributed by atoms with Crippen LogP contribution < -0.4 is 0 Å². The fourth-order valence-corrected chi connectivity index (χ4v) is 3.67. The van der Waals surface area contributed by atoms with E-state index in [4.69, 9.17) is 5.41 Å². The Morgan fingerprint density at radius 2 is 1.91 bits per heavy atom. The van der Waals surface area contributed by atoms with Crippen molar-refractivity contribution in [1.29, 1.82) is 5.41 Å². The molecule has 2 aromatic rings. The predicted molar refractivity (Wildman–Crippen MR) is 93.8 cm³/mol. The highest BCUT2D eigenvalue weighted by atomic mass is 79.9. The van der Waals surface area contributed by atoms with E-state index in [-0.39, 0.29) is 11.2 Å². The number of hydrogen-bond donors (Lipinski definition) is 2. The summed E-state index contributed by atoms with van der Waals surface area (Å²) in [5.41, 5.74) is 2.38. The second kappa shape index (κ2) is 5.93. The van der Waals surface area contributed by atoms with Gasteiger partial charge in [-0.2, -0.15) is 0 Å². The lowest BCUT2D eigenvalue weighted by Crippen LogP contribution is -2.26. The maximum absolute atomic E-state index is 10.2. The Morgan fingerprint density at radius 3 is 2.55 bits per heavy atom. The molecule has 2 N–H and O–H groups in total. The Bertz CT molecular complexity index is 765. The van der Waals surface area contributed by atoms with Gasteiger partial charge in [0.15, 0.2) is 0 Å². The molecule has 0 fully saturated rings. The van der Waals surface area contributed by atoms with Crippen LogP contribution in [0, 0.1) is 5.41 Å². The molecule has 0 saturated heterocycles. The maximum atomic E-state index is 10.2. The molecule has 1 atom stereocenters. The molecular formula is C19H16BrNO. The molecule has 2 nitrogen and oxygen atoms in total. The zero-order valence-electron chi connectivity index (χ0n) is 12.0. The Hall–Kier alpha value is -2.13. The van der Waals surface area contributed by atoms with E-state index in [0.717, 1.165) is 22.7 Å². The minimum absolute atomic E-state index is 0.131. The summed E-state index contributed by atoms with van der Waals surface area (Å²) in [6.45, 7) is 0. The van der Waals surface area contributed by atoms with E-state index in [2.05, 4.69) is 40.2 Å². The highest BCUT2D eigenvalue weighted by Gasteiger charge is 2.33. The normalized spacial score (nSPS) is 20.0. The number of aromatic hydroxyl groups is 1. The first-order valence-electron chi connectivity index (χ1n) is 7.11. The van der Waals surface area contributed by atoms with Crippen LogP contribution in [0.2, 0.25) is 0 Å². The first-order valence-corrected chi connectivity index (χ1v) is 7.90. The minimum Gasteiger partial charge on any atom is -0.507 e. The number of phenols is 1.